The maximum Gasteiger partial charge on any atom is 0.318 e. The van der Waals surface area contributed by atoms with Crippen molar-refractivity contribution in [2.45, 2.75) is 4.90 Å². The summed E-state index contributed by atoms with van der Waals surface area (Å²) < 4.78 is 2.77. The summed E-state index contributed by atoms with van der Waals surface area (Å²) in [5.74, 6) is 0. The molecule has 0 radical (unpaired) electrons. The topological polar surface area (TPSA) is 22.0 Å². The molecule has 0 fully saturated rings. The predicted octanol–water partition coefficient (Wildman–Crippen LogP) is 3.62. The first kappa shape index (κ1) is 10.6. The van der Waals surface area contributed by atoms with Crippen molar-refractivity contribution < 1.29 is 0 Å². The Hall–Kier alpha value is -1.52. The SMILES string of the molecule is O=c1sc2ccccc2n1Sc1ccccc1. The van der Waals surface area contributed by atoms with E-state index < -0.39 is 0 Å². The van der Waals surface area contributed by atoms with E-state index in [-0.39, 0.29) is 4.87 Å². The summed E-state index contributed by atoms with van der Waals surface area (Å²) in [6.45, 7) is 0. The lowest BCUT2D eigenvalue weighted by Crippen LogP contribution is -2.04. The molecule has 0 spiro atoms. The van der Waals surface area contributed by atoms with Gasteiger partial charge in [-0.25, -0.2) is 3.97 Å². The average molecular weight is 259 g/mol. The lowest BCUT2D eigenvalue weighted by Gasteiger charge is -2.01. The van der Waals surface area contributed by atoms with Gasteiger partial charge in [0, 0.05) is 4.90 Å². The van der Waals surface area contributed by atoms with Crippen molar-refractivity contribution in [3.05, 3.63) is 64.3 Å². The van der Waals surface area contributed by atoms with Crippen LogP contribution in [-0.2, 0) is 0 Å². The second kappa shape index (κ2) is 4.39. The van der Waals surface area contributed by atoms with Crippen LogP contribution in [0.25, 0.3) is 10.2 Å². The number of aromatic nitrogens is 1. The zero-order valence-corrected chi connectivity index (χ0v) is 10.5. The van der Waals surface area contributed by atoms with Crippen LogP contribution in [0.4, 0.5) is 0 Å². The van der Waals surface area contributed by atoms with Crippen molar-refractivity contribution in [3.63, 3.8) is 0 Å². The van der Waals surface area contributed by atoms with Gasteiger partial charge in [0.1, 0.15) is 0 Å². The molecule has 0 saturated heterocycles. The Kier molecular flexibility index (Phi) is 2.74. The third-order valence-corrected chi connectivity index (χ3v) is 4.45. The van der Waals surface area contributed by atoms with Crippen LogP contribution in [0.15, 0.2) is 64.3 Å². The first-order valence-electron chi connectivity index (χ1n) is 5.18. The summed E-state index contributed by atoms with van der Waals surface area (Å²) in [6, 6.07) is 17.8. The largest absolute Gasteiger partial charge is 0.318 e. The first-order valence-corrected chi connectivity index (χ1v) is 6.77. The van der Waals surface area contributed by atoms with Gasteiger partial charge in [0.05, 0.1) is 10.2 Å². The van der Waals surface area contributed by atoms with Crippen LogP contribution in [0.1, 0.15) is 0 Å². The summed E-state index contributed by atoms with van der Waals surface area (Å²) in [4.78, 5) is 13.0. The van der Waals surface area contributed by atoms with Gasteiger partial charge in [-0.2, -0.15) is 0 Å². The molecule has 0 aliphatic heterocycles. The van der Waals surface area contributed by atoms with Crippen LogP contribution >= 0.6 is 23.3 Å². The molecule has 17 heavy (non-hydrogen) atoms. The Morgan fingerprint density at radius 1 is 0.941 bits per heavy atom. The van der Waals surface area contributed by atoms with Crippen LogP contribution < -0.4 is 4.87 Å². The van der Waals surface area contributed by atoms with Crippen LogP contribution in [0.5, 0.6) is 0 Å². The molecule has 0 unspecified atom stereocenters. The molecular weight excluding hydrogens is 250 g/mol. The van der Waals surface area contributed by atoms with Crippen LogP contribution in [0.3, 0.4) is 0 Å². The number of thiazole rings is 1. The molecule has 0 atom stereocenters. The van der Waals surface area contributed by atoms with Crippen molar-refractivity contribution >= 4 is 33.5 Å². The van der Waals surface area contributed by atoms with Crippen molar-refractivity contribution in [2.24, 2.45) is 0 Å². The minimum atomic E-state index is 0.0695. The predicted molar refractivity (Wildman–Crippen MR) is 73.8 cm³/mol. The molecule has 0 bridgehead atoms. The number of fused-ring (bicyclic) bond motifs is 1. The summed E-state index contributed by atoms with van der Waals surface area (Å²) >= 11 is 2.75. The maximum atomic E-state index is 11.9. The minimum absolute atomic E-state index is 0.0695. The molecule has 3 aromatic rings. The molecule has 1 heterocycles. The first-order chi connectivity index (χ1) is 8.34. The Bertz CT molecular complexity index is 700. The third-order valence-electron chi connectivity index (χ3n) is 2.39. The number of rotatable bonds is 2. The van der Waals surface area contributed by atoms with Gasteiger partial charge in [-0.05, 0) is 36.2 Å². The highest BCUT2D eigenvalue weighted by molar-refractivity contribution is 7.98. The summed E-state index contributed by atoms with van der Waals surface area (Å²) in [5.41, 5.74) is 0.983. The van der Waals surface area contributed by atoms with E-state index in [2.05, 4.69) is 0 Å². The second-order valence-corrected chi connectivity index (χ2v) is 5.55. The van der Waals surface area contributed by atoms with Gasteiger partial charge in [0.15, 0.2) is 0 Å². The smallest absolute Gasteiger partial charge is 0.256 e. The molecule has 0 amide bonds. The van der Waals surface area contributed by atoms with E-state index in [0.29, 0.717) is 0 Å². The summed E-state index contributed by atoms with van der Waals surface area (Å²) in [7, 11) is 0. The summed E-state index contributed by atoms with van der Waals surface area (Å²) in [5, 5.41) is 0. The Labute approximate surface area is 107 Å². The zero-order chi connectivity index (χ0) is 11.7. The van der Waals surface area contributed by atoms with Crippen LogP contribution in [0, 0.1) is 0 Å². The lowest BCUT2D eigenvalue weighted by molar-refractivity contribution is 1.27. The van der Waals surface area contributed by atoms with E-state index >= 15 is 0 Å². The number of hydrogen-bond acceptors (Lipinski definition) is 3. The monoisotopic (exact) mass is 259 g/mol. The fourth-order valence-corrected chi connectivity index (χ4v) is 3.50. The third kappa shape index (κ3) is 2.01. The van der Waals surface area contributed by atoms with Crippen molar-refractivity contribution in [1.82, 2.24) is 3.97 Å². The maximum absolute atomic E-state index is 11.9. The highest BCUT2D eigenvalue weighted by Gasteiger charge is 2.07. The molecule has 0 N–H and O–H groups in total. The minimum Gasteiger partial charge on any atom is -0.256 e. The normalized spacial score (nSPS) is 10.8. The van der Waals surface area contributed by atoms with E-state index in [1.165, 1.54) is 23.3 Å². The molecule has 0 aliphatic rings. The van der Waals surface area contributed by atoms with Gasteiger partial charge in [-0.1, -0.05) is 41.7 Å². The van der Waals surface area contributed by atoms with Crippen LogP contribution in [0.2, 0.25) is 0 Å². The average Bonchev–Trinajstić information content (AvgIpc) is 2.68. The highest BCUT2D eigenvalue weighted by Crippen LogP contribution is 2.25. The van der Waals surface area contributed by atoms with Gasteiger partial charge in [-0.15, -0.1) is 0 Å². The molecular formula is C13H9NOS2. The van der Waals surface area contributed by atoms with E-state index in [1.807, 2.05) is 54.6 Å². The fraction of sp³-hybridized carbons (Fsp3) is 0. The molecule has 2 aromatic carbocycles. The number of hydrogen-bond donors (Lipinski definition) is 0. The number of benzene rings is 2. The Morgan fingerprint density at radius 3 is 2.47 bits per heavy atom. The molecule has 0 saturated carbocycles. The second-order valence-electron chi connectivity index (χ2n) is 3.53. The molecule has 0 aliphatic carbocycles. The van der Waals surface area contributed by atoms with E-state index in [9.17, 15) is 4.79 Å². The van der Waals surface area contributed by atoms with E-state index in [0.717, 1.165) is 15.1 Å². The summed E-state index contributed by atoms with van der Waals surface area (Å²) in [6.07, 6.45) is 0. The van der Waals surface area contributed by atoms with Gasteiger partial charge in [-0.3, -0.25) is 4.79 Å². The molecule has 84 valence electrons. The molecule has 2 nitrogen and oxygen atoms in total. The fourth-order valence-electron chi connectivity index (χ4n) is 1.62. The highest BCUT2D eigenvalue weighted by atomic mass is 32.2. The standard InChI is InChI=1S/C13H9NOS2/c15-13-14(17-10-6-2-1-3-7-10)11-8-4-5-9-12(11)16-13/h1-9H. The zero-order valence-electron chi connectivity index (χ0n) is 8.87. The van der Waals surface area contributed by atoms with Crippen molar-refractivity contribution in [1.29, 1.82) is 0 Å². The van der Waals surface area contributed by atoms with Crippen LogP contribution in [-0.4, -0.2) is 3.97 Å². The molecule has 1 aromatic heterocycles. The van der Waals surface area contributed by atoms with E-state index in [1.54, 1.807) is 3.97 Å². The number of nitrogens with zero attached hydrogens (tertiary/aromatic N) is 1. The Balaban J connectivity index is 2.12. The molecule has 3 rings (SSSR count). The van der Waals surface area contributed by atoms with Gasteiger partial charge in [0.2, 0.25) is 0 Å². The Morgan fingerprint density at radius 2 is 1.65 bits per heavy atom. The van der Waals surface area contributed by atoms with Gasteiger partial charge < -0.3 is 0 Å². The van der Waals surface area contributed by atoms with Crippen molar-refractivity contribution in [2.75, 3.05) is 0 Å². The lowest BCUT2D eigenvalue weighted by atomic mass is 10.3. The molecule has 4 heteroatoms. The quantitative estimate of drug-likeness (QED) is 0.701. The van der Waals surface area contributed by atoms with Gasteiger partial charge >= 0.3 is 4.87 Å². The van der Waals surface area contributed by atoms with Gasteiger partial charge in [0.25, 0.3) is 0 Å². The van der Waals surface area contributed by atoms with E-state index in [4.69, 9.17) is 0 Å². The van der Waals surface area contributed by atoms with Crippen molar-refractivity contribution in [3.8, 4) is 0 Å². The number of para-hydroxylation sites is 1.